The molecule has 0 aromatic carbocycles. The zero-order valence-corrected chi connectivity index (χ0v) is 16.5. The van der Waals surface area contributed by atoms with E-state index in [4.69, 9.17) is 22.1 Å². The molecule has 3 heterocycles. The first-order valence-electron chi connectivity index (χ1n) is 10.1. The molecule has 0 aromatic rings. The summed E-state index contributed by atoms with van der Waals surface area (Å²) in [5.74, 6) is -0.0158. The van der Waals surface area contributed by atoms with E-state index < -0.39 is 30.2 Å². The topological polar surface area (TPSA) is 103 Å². The summed E-state index contributed by atoms with van der Waals surface area (Å²) >= 11 is 6.14. The molecule has 7 nitrogen and oxygen atoms in total. The molecule has 6 N–H and O–H groups in total. The van der Waals surface area contributed by atoms with Crippen LogP contribution < -0.4 is 16.4 Å². The maximum atomic E-state index is 15.3. The lowest BCUT2D eigenvalue weighted by molar-refractivity contribution is -0.128. The number of halogens is 2. The van der Waals surface area contributed by atoms with Gasteiger partial charge in [0.2, 0.25) is 0 Å². The zero-order chi connectivity index (χ0) is 19.3. The van der Waals surface area contributed by atoms with E-state index in [9.17, 15) is 10.2 Å². The van der Waals surface area contributed by atoms with Crippen LogP contribution in [0.4, 0.5) is 4.39 Å². The van der Waals surface area contributed by atoms with Gasteiger partial charge in [-0.3, -0.25) is 15.5 Å². The van der Waals surface area contributed by atoms with E-state index in [0.717, 1.165) is 19.3 Å². The lowest BCUT2D eigenvalue weighted by Crippen LogP contribution is -2.64. The molecule has 0 aromatic heterocycles. The fraction of sp³-hybridized carbons (Fsp3) is 1.00. The Labute approximate surface area is 164 Å². The standard InChI is InChI=1S/C18H32ClFN4O3/c1-18(26)13(25)17(24-7-6-11-15(21)22-8-23-16(11)24)27-14(18)12(20)9-2-4-10(19)5-3-9/h9-17,22-23,25-26H,2-8,21H2,1H3/t9?,10?,11?,12-,13+,14-,15?,16?,17-,18+/m1/s1. The summed E-state index contributed by atoms with van der Waals surface area (Å²) in [5, 5.41) is 28.4. The molecule has 3 saturated heterocycles. The summed E-state index contributed by atoms with van der Waals surface area (Å²) in [4.78, 5) is 1.99. The van der Waals surface area contributed by atoms with Gasteiger partial charge in [-0.15, -0.1) is 11.6 Å². The van der Waals surface area contributed by atoms with Crippen LogP contribution in [0.2, 0.25) is 0 Å². The van der Waals surface area contributed by atoms with Gasteiger partial charge in [-0.2, -0.15) is 0 Å². The summed E-state index contributed by atoms with van der Waals surface area (Å²) in [6.07, 6.45) is -0.728. The second kappa shape index (κ2) is 7.65. The van der Waals surface area contributed by atoms with Crippen molar-refractivity contribution in [1.29, 1.82) is 0 Å². The Balaban J connectivity index is 1.48. The predicted molar refractivity (Wildman–Crippen MR) is 99.5 cm³/mol. The average molecular weight is 407 g/mol. The van der Waals surface area contributed by atoms with Crippen LogP contribution in [-0.4, -0.2) is 76.2 Å². The van der Waals surface area contributed by atoms with Gasteiger partial charge in [-0.25, -0.2) is 4.39 Å². The van der Waals surface area contributed by atoms with Gasteiger partial charge in [0.15, 0.2) is 0 Å². The minimum atomic E-state index is -1.64. The molecule has 0 bridgehead atoms. The summed E-state index contributed by atoms with van der Waals surface area (Å²) in [6, 6.07) is 0. The minimum absolute atomic E-state index is 0.0554. The lowest BCUT2D eigenvalue weighted by Gasteiger charge is -2.39. The quantitative estimate of drug-likeness (QED) is 0.422. The molecule has 156 valence electrons. The summed E-state index contributed by atoms with van der Waals surface area (Å²) < 4.78 is 21.4. The molecular formula is C18H32ClFN4O3. The van der Waals surface area contributed by atoms with Gasteiger partial charge >= 0.3 is 0 Å². The average Bonchev–Trinajstić information content (AvgIpc) is 3.16. The number of nitrogens with one attached hydrogen (secondary N) is 2. The smallest absolute Gasteiger partial charge is 0.141 e. The Hall–Kier alpha value is -0.0600. The third kappa shape index (κ3) is 3.53. The van der Waals surface area contributed by atoms with Crippen LogP contribution in [0, 0.1) is 11.8 Å². The van der Waals surface area contributed by atoms with E-state index in [0.29, 0.717) is 26.1 Å². The highest BCUT2D eigenvalue weighted by atomic mass is 35.5. The first-order chi connectivity index (χ1) is 12.8. The Morgan fingerprint density at radius 1 is 1.26 bits per heavy atom. The highest BCUT2D eigenvalue weighted by Crippen LogP contribution is 2.43. The van der Waals surface area contributed by atoms with Crippen molar-refractivity contribution in [3.05, 3.63) is 0 Å². The number of ether oxygens (including phenoxy) is 1. The molecule has 1 aliphatic carbocycles. The number of aliphatic hydroxyl groups excluding tert-OH is 1. The SMILES string of the molecule is C[C@@]1(O)[C@@H]([C@H](F)C2CCC(Cl)CC2)O[C@@H](N2CCC3C(N)NCNC32)[C@@H]1O. The van der Waals surface area contributed by atoms with E-state index >= 15 is 4.39 Å². The third-order valence-electron chi connectivity index (χ3n) is 7.09. The van der Waals surface area contributed by atoms with E-state index in [-0.39, 0.29) is 29.5 Å². The van der Waals surface area contributed by atoms with Crippen LogP contribution >= 0.6 is 11.6 Å². The second-order valence-corrected chi connectivity index (χ2v) is 9.44. The Bertz CT molecular complexity index is 537. The molecule has 8 atom stereocenters. The monoisotopic (exact) mass is 406 g/mol. The van der Waals surface area contributed by atoms with Crippen LogP contribution in [0.15, 0.2) is 0 Å². The fourth-order valence-electron chi connectivity index (χ4n) is 5.32. The molecule has 9 heteroatoms. The fourth-order valence-corrected chi connectivity index (χ4v) is 5.58. The van der Waals surface area contributed by atoms with Crippen LogP contribution in [0.5, 0.6) is 0 Å². The van der Waals surface area contributed by atoms with Gasteiger partial charge in [-0.05, 0) is 44.9 Å². The number of hydrogen-bond acceptors (Lipinski definition) is 7. The number of alkyl halides is 2. The van der Waals surface area contributed by atoms with Crippen molar-refractivity contribution >= 4 is 11.6 Å². The summed E-state index contributed by atoms with van der Waals surface area (Å²) in [7, 11) is 0. The molecule has 0 amide bonds. The highest BCUT2D eigenvalue weighted by Gasteiger charge is 2.60. The van der Waals surface area contributed by atoms with E-state index in [1.807, 2.05) is 4.90 Å². The van der Waals surface area contributed by atoms with Crippen molar-refractivity contribution in [2.75, 3.05) is 13.2 Å². The molecule has 4 rings (SSSR count). The number of fused-ring (bicyclic) bond motifs is 1. The molecule has 1 saturated carbocycles. The molecule has 4 fully saturated rings. The van der Waals surface area contributed by atoms with Crippen molar-refractivity contribution in [2.24, 2.45) is 17.6 Å². The van der Waals surface area contributed by atoms with Crippen LogP contribution in [0.25, 0.3) is 0 Å². The molecule has 0 radical (unpaired) electrons. The van der Waals surface area contributed by atoms with Crippen molar-refractivity contribution in [1.82, 2.24) is 15.5 Å². The van der Waals surface area contributed by atoms with Gasteiger partial charge in [0.1, 0.15) is 30.2 Å². The Morgan fingerprint density at radius 2 is 1.96 bits per heavy atom. The van der Waals surface area contributed by atoms with Crippen LogP contribution in [0.1, 0.15) is 39.0 Å². The van der Waals surface area contributed by atoms with Crippen LogP contribution in [-0.2, 0) is 4.74 Å². The Morgan fingerprint density at radius 3 is 2.67 bits per heavy atom. The second-order valence-electron chi connectivity index (χ2n) is 8.82. The third-order valence-corrected chi connectivity index (χ3v) is 7.53. The van der Waals surface area contributed by atoms with Crippen molar-refractivity contribution in [3.63, 3.8) is 0 Å². The van der Waals surface area contributed by atoms with Crippen molar-refractivity contribution < 1.29 is 19.3 Å². The van der Waals surface area contributed by atoms with Gasteiger partial charge in [0.25, 0.3) is 0 Å². The largest absolute Gasteiger partial charge is 0.386 e. The first-order valence-corrected chi connectivity index (χ1v) is 10.6. The number of nitrogens with zero attached hydrogens (tertiary/aromatic N) is 1. The molecule has 3 unspecified atom stereocenters. The number of nitrogens with two attached hydrogens (primary N) is 1. The normalized spacial score (nSPS) is 52.7. The Kier molecular flexibility index (Phi) is 5.73. The van der Waals surface area contributed by atoms with E-state index in [1.165, 1.54) is 6.92 Å². The van der Waals surface area contributed by atoms with Crippen molar-refractivity contribution in [3.8, 4) is 0 Å². The number of aliphatic hydroxyl groups is 2. The molecule has 4 aliphatic rings. The number of rotatable bonds is 3. The van der Waals surface area contributed by atoms with Gasteiger partial charge < -0.3 is 20.7 Å². The predicted octanol–water partition coefficient (Wildman–Crippen LogP) is 0.0420. The van der Waals surface area contributed by atoms with Crippen LogP contribution in [0.3, 0.4) is 0 Å². The highest BCUT2D eigenvalue weighted by molar-refractivity contribution is 6.20. The number of hydrogen-bond donors (Lipinski definition) is 5. The molecule has 0 spiro atoms. The maximum Gasteiger partial charge on any atom is 0.141 e. The first kappa shape index (κ1) is 20.2. The maximum absolute atomic E-state index is 15.3. The molecule has 27 heavy (non-hydrogen) atoms. The lowest BCUT2D eigenvalue weighted by atomic mass is 9.79. The van der Waals surface area contributed by atoms with Gasteiger partial charge in [0.05, 0.1) is 12.3 Å². The minimum Gasteiger partial charge on any atom is -0.386 e. The van der Waals surface area contributed by atoms with Gasteiger partial charge in [0, 0.05) is 24.5 Å². The van der Waals surface area contributed by atoms with Gasteiger partial charge in [-0.1, -0.05) is 0 Å². The molecule has 3 aliphatic heterocycles. The zero-order valence-electron chi connectivity index (χ0n) is 15.7. The number of likely N-dealkylation sites (tertiary alicyclic amines) is 1. The van der Waals surface area contributed by atoms with E-state index in [2.05, 4.69) is 10.6 Å². The molecular weight excluding hydrogens is 375 g/mol. The summed E-state index contributed by atoms with van der Waals surface area (Å²) in [6.45, 7) is 2.72. The summed E-state index contributed by atoms with van der Waals surface area (Å²) in [5.41, 5.74) is 4.51. The van der Waals surface area contributed by atoms with E-state index in [1.54, 1.807) is 0 Å². The van der Waals surface area contributed by atoms with Crippen molar-refractivity contribution in [2.45, 2.75) is 86.9 Å².